The van der Waals surface area contributed by atoms with Gasteiger partial charge in [0.2, 0.25) is 0 Å². The number of hydrogen-bond donors (Lipinski definition) is 0. The van der Waals surface area contributed by atoms with Gasteiger partial charge in [-0.3, -0.25) is 0 Å². The molecule has 4 rings (SSSR count). The van der Waals surface area contributed by atoms with E-state index in [9.17, 15) is 0 Å². The van der Waals surface area contributed by atoms with Gasteiger partial charge in [-0.05, 0) is 53.8 Å². The molecule has 3 aliphatic carbocycles. The van der Waals surface area contributed by atoms with E-state index < -0.39 is 0 Å². The van der Waals surface area contributed by atoms with E-state index in [1.54, 1.807) is 10.9 Å². The van der Waals surface area contributed by atoms with Gasteiger partial charge >= 0.3 is 0 Å². The molecule has 1 heteroatoms. The van der Waals surface area contributed by atoms with Gasteiger partial charge in [0.15, 0.2) is 0 Å². The van der Waals surface area contributed by atoms with Crippen LogP contribution in [0.2, 0.25) is 0 Å². The largest absolute Gasteiger partial charge is 0.0808 e. The summed E-state index contributed by atoms with van der Waals surface area (Å²) in [6, 6.07) is 9.60. The summed E-state index contributed by atoms with van der Waals surface area (Å²) in [5.41, 5.74) is 3.63. The second-order valence-corrected chi connectivity index (χ2v) is 11.5. The van der Waals surface area contributed by atoms with Gasteiger partial charge in [0, 0.05) is 5.92 Å². The number of allylic oxidation sites excluding steroid dienone is 4. The zero-order chi connectivity index (χ0) is 17.8. The second kappa shape index (κ2) is 8.88. The van der Waals surface area contributed by atoms with E-state index in [1.807, 2.05) is 0 Å². The maximum atomic E-state index is 2.53. The highest BCUT2D eigenvalue weighted by molar-refractivity contribution is 7.67. The van der Waals surface area contributed by atoms with Crippen LogP contribution in [0.3, 0.4) is 0 Å². The molecule has 26 heavy (non-hydrogen) atoms. The van der Waals surface area contributed by atoms with Crippen LogP contribution in [0.1, 0.15) is 82.6 Å². The Hall–Kier alpha value is -0.870. The van der Waals surface area contributed by atoms with Crippen LogP contribution in [0, 0.1) is 5.92 Å². The molecule has 3 aliphatic rings. The second-order valence-electron chi connectivity index (χ2n) is 8.70. The molecule has 1 aromatic rings. The molecule has 2 atom stereocenters. The van der Waals surface area contributed by atoms with E-state index in [2.05, 4.69) is 55.5 Å². The lowest BCUT2D eigenvalue weighted by atomic mass is 9.84. The SMILES string of the molecule is CC1C=CC=CC1c1ccccc1P(C1CCCCC1)C1CCCCC1. The molecule has 0 nitrogen and oxygen atoms in total. The molecule has 140 valence electrons. The molecule has 0 heterocycles. The average Bonchev–Trinajstić information content (AvgIpc) is 2.71. The summed E-state index contributed by atoms with van der Waals surface area (Å²) in [6.07, 6.45) is 24.2. The summed E-state index contributed by atoms with van der Waals surface area (Å²) in [5, 5.41) is 1.78. The van der Waals surface area contributed by atoms with Crippen molar-refractivity contribution >= 4 is 13.2 Å². The molecular formula is C25H35P. The van der Waals surface area contributed by atoms with E-state index in [0.717, 1.165) is 11.3 Å². The van der Waals surface area contributed by atoms with E-state index in [-0.39, 0.29) is 7.92 Å². The van der Waals surface area contributed by atoms with Gasteiger partial charge in [0.25, 0.3) is 0 Å². The first-order valence-corrected chi connectivity index (χ1v) is 12.5. The molecule has 0 saturated heterocycles. The van der Waals surface area contributed by atoms with Crippen molar-refractivity contribution in [3.05, 3.63) is 54.1 Å². The first-order chi connectivity index (χ1) is 12.8. The van der Waals surface area contributed by atoms with Crippen LogP contribution in [0.15, 0.2) is 48.6 Å². The van der Waals surface area contributed by atoms with Crippen molar-refractivity contribution in [3.63, 3.8) is 0 Å². The Kier molecular flexibility index (Phi) is 6.31. The molecule has 2 unspecified atom stereocenters. The number of rotatable bonds is 4. The first kappa shape index (κ1) is 18.5. The van der Waals surface area contributed by atoms with Crippen LogP contribution in [0.4, 0.5) is 0 Å². The minimum atomic E-state index is -0.0147. The molecule has 2 fully saturated rings. The van der Waals surface area contributed by atoms with Gasteiger partial charge in [-0.1, -0.05) is 102 Å². The van der Waals surface area contributed by atoms with Crippen molar-refractivity contribution in [2.75, 3.05) is 0 Å². The Morgan fingerprint density at radius 3 is 1.92 bits per heavy atom. The standard InChI is InChI=1S/C25H35P/c1-20-12-8-9-17-23(20)24-18-10-11-19-25(24)26(21-13-4-2-5-14-21)22-15-6-3-7-16-22/h8-12,17-23H,2-7,13-16H2,1H3. The third-order valence-electron chi connectivity index (χ3n) is 6.92. The van der Waals surface area contributed by atoms with Crippen molar-refractivity contribution in [3.8, 4) is 0 Å². The average molecular weight is 367 g/mol. The van der Waals surface area contributed by atoms with Crippen LogP contribution in [0.5, 0.6) is 0 Å². The van der Waals surface area contributed by atoms with Crippen molar-refractivity contribution in [2.24, 2.45) is 5.92 Å². The fraction of sp³-hybridized carbons (Fsp3) is 0.600. The Morgan fingerprint density at radius 1 is 0.731 bits per heavy atom. The molecule has 0 amide bonds. The summed E-state index contributed by atoms with van der Waals surface area (Å²) < 4.78 is 0. The van der Waals surface area contributed by atoms with Crippen LogP contribution in [0.25, 0.3) is 0 Å². The summed E-state index contributed by atoms with van der Waals surface area (Å²) >= 11 is 0. The Labute approximate surface area is 161 Å². The summed E-state index contributed by atoms with van der Waals surface area (Å²) in [7, 11) is -0.0147. The summed E-state index contributed by atoms with van der Waals surface area (Å²) in [6.45, 7) is 2.39. The van der Waals surface area contributed by atoms with Crippen molar-refractivity contribution in [2.45, 2.75) is 88.4 Å². The van der Waals surface area contributed by atoms with Gasteiger partial charge in [-0.25, -0.2) is 0 Å². The fourth-order valence-corrected chi connectivity index (χ4v) is 9.53. The maximum absolute atomic E-state index is 2.53. The highest BCUT2D eigenvalue weighted by Gasteiger charge is 2.34. The van der Waals surface area contributed by atoms with E-state index in [4.69, 9.17) is 0 Å². The predicted molar refractivity (Wildman–Crippen MR) is 117 cm³/mol. The van der Waals surface area contributed by atoms with E-state index in [0.29, 0.717) is 11.8 Å². The van der Waals surface area contributed by atoms with E-state index in [1.165, 1.54) is 64.2 Å². The maximum Gasteiger partial charge on any atom is 0.00877 e. The normalized spacial score (nSPS) is 27.9. The van der Waals surface area contributed by atoms with Crippen molar-refractivity contribution in [1.82, 2.24) is 0 Å². The van der Waals surface area contributed by atoms with Crippen LogP contribution in [-0.2, 0) is 0 Å². The quantitative estimate of drug-likeness (QED) is 0.490. The third kappa shape index (κ3) is 4.01. The lowest BCUT2D eigenvalue weighted by Gasteiger charge is -2.40. The molecule has 2 saturated carbocycles. The predicted octanol–water partition coefficient (Wildman–Crippen LogP) is 7.30. The fourth-order valence-electron chi connectivity index (χ4n) is 5.52. The third-order valence-corrected chi connectivity index (χ3v) is 10.5. The highest BCUT2D eigenvalue weighted by Crippen LogP contribution is 2.56. The van der Waals surface area contributed by atoms with Crippen LogP contribution < -0.4 is 5.30 Å². The highest BCUT2D eigenvalue weighted by atomic mass is 31.1. The van der Waals surface area contributed by atoms with Gasteiger partial charge in [0.1, 0.15) is 0 Å². The van der Waals surface area contributed by atoms with Gasteiger partial charge < -0.3 is 0 Å². The molecule has 1 aromatic carbocycles. The Bertz CT molecular complexity index is 613. The summed E-state index contributed by atoms with van der Waals surface area (Å²) in [5.74, 6) is 1.20. The van der Waals surface area contributed by atoms with Crippen LogP contribution in [-0.4, -0.2) is 11.3 Å². The molecular weight excluding hydrogens is 331 g/mol. The lowest BCUT2D eigenvalue weighted by molar-refractivity contribution is 0.486. The zero-order valence-corrected chi connectivity index (χ0v) is 17.3. The van der Waals surface area contributed by atoms with Gasteiger partial charge in [-0.2, -0.15) is 0 Å². The zero-order valence-electron chi connectivity index (χ0n) is 16.4. The molecule has 0 N–H and O–H groups in total. The Morgan fingerprint density at radius 2 is 1.31 bits per heavy atom. The van der Waals surface area contributed by atoms with Crippen molar-refractivity contribution in [1.29, 1.82) is 0 Å². The first-order valence-electron chi connectivity index (χ1n) is 11.1. The molecule has 0 aromatic heterocycles. The lowest BCUT2D eigenvalue weighted by Crippen LogP contribution is -2.29. The molecule has 0 aliphatic heterocycles. The topological polar surface area (TPSA) is 0 Å². The van der Waals surface area contributed by atoms with Crippen molar-refractivity contribution < 1.29 is 0 Å². The minimum absolute atomic E-state index is 0.0147. The van der Waals surface area contributed by atoms with Gasteiger partial charge in [-0.15, -0.1) is 0 Å². The molecule has 0 radical (unpaired) electrons. The number of hydrogen-bond acceptors (Lipinski definition) is 0. The smallest absolute Gasteiger partial charge is 0.00877 e. The molecule has 0 bridgehead atoms. The van der Waals surface area contributed by atoms with E-state index >= 15 is 0 Å². The molecule has 0 spiro atoms. The van der Waals surface area contributed by atoms with Crippen LogP contribution >= 0.6 is 7.92 Å². The van der Waals surface area contributed by atoms with Gasteiger partial charge in [0.05, 0.1) is 0 Å². The summed E-state index contributed by atoms with van der Waals surface area (Å²) in [4.78, 5) is 0. The minimum Gasteiger partial charge on any atom is -0.0808 e. The Balaban J connectivity index is 1.70. The number of benzene rings is 1. The monoisotopic (exact) mass is 366 g/mol.